The highest BCUT2D eigenvalue weighted by Crippen LogP contribution is 2.49. The summed E-state index contributed by atoms with van der Waals surface area (Å²) in [5.41, 5.74) is 5.80. The molecule has 0 fully saturated rings. The monoisotopic (exact) mass is 570 g/mol. The Morgan fingerprint density at radius 1 is 1.12 bits per heavy atom. The van der Waals surface area contributed by atoms with Gasteiger partial charge < -0.3 is 0 Å². The summed E-state index contributed by atoms with van der Waals surface area (Å²) in [5.74, 6) is -0.804. The summed E-state index contributed by atoms with van der Waals surface area (Å²) >= 11 is 0. The standard InChI is InChI=1S/C27H30F2N6O2S.C2H6/c1-4-17-9-11-27(5-2,25-19(17)13-22(33-34-25)24-20(28)7-6-8-21(24)29)23-10-12-30-26(32-23)18-14-31-35(15-18)16-38(3,36)37;1-2/h6-8,10,12-13,15,17,31H,4-5,9,11,14,16H2,1-3H3;1-2H3/t17-,27+;/m0./s1. The highest BCUT2D eigenvalue weighted by Gasteiger charge is 2.43. The number of sulfone groups is 1. The number of benzene rings is 1. The van der Waals surface area contributed by atoms with Crippen LogP contribution in [0.2, 0.25) is 0 Å². The Labute approximate surface area is 234 Å². The number of hydrogen-bond donors (Lipinski definition) is 1. The summed E-state index contributed by atoms with van der Waals surface area (Å²) in [5, 5.41) is 10.4. The molecule has 0 spiro atoms. The van der Waals surface area contributed by atoms with Crippen molar-refractivity contribution >= 4 is 15.4 Å². The van der Waals surface area contributed by atoms with E-state index < -0.39 is 26.9 Å². The number of aromatic nitrogens is 4. The molecule has 0 bridgehead atoms. The molecule has 3 heterocycles. The van der Waals surface area contributed by atoms with Crippen LogP contribution in [-0.2, 0) is 15.3 Å². The Hall–Kier alpha value is -3.31. The van der Waals surface area contributed by atoms with Gasteiger partial charge in [0.2, 0.25) is 0 Å². The Balaban J connectivity index is 0.00000181. The molecule has 5 rings (SSSR count). The Morgan fingerprint density at radius 3 is 2.50 bits per heavy atom. The van der Waals surface area contributed by atoms with Crippen LogP contribution in [0, 0.1) is 11.6 Å². The molecule has 2 atom stereocenters. The van der Waals surface area contributed by atoms with Gasteiger partial charge in [-0.25, -0.2) is 32.6 Å². The van der Waals surface area contributed by atoms with E-state index in [1.165, 1.54) is 29.5 Å². The zero-order chi connectivity index (χ0) is 29.1. The lowest BCUT2D eigenvalue weighted by atomic mass is 9.65. The summed E-state index contributed by atoms with van der Waals surface area (Å²) in [7, 11) is -3.21. The number of nitrogens with one attached hydrogen (secondary N) is 1. The summed E-state index contributed by atoms with van der Waals surface area (Å²) in [6.07, 6.45) is 7.83. The molecule has 1 aromatic carbocycles. The van der Waals surface area contributed by atoms with Gasteiger partial charge in [0.25, 0.3) is 0 Å². The smallest absolute Gasteiger partial charge is 0.166 e. The first-order chi connectivity index (χ1) is 19.1. The molecule has 8 nitrogen and oxygen atoms in total. The van der Waals surface area contributed by atoms with E-state index >= 15 is 0 Å². The van der Waals surface area contributed by atoms with Crippen LogP contribution >= 0.6 is 0 Å². The quantitative estimate of drug-likeness (QED) is 0.404. The number of halogens is 2. The van der Waals surface area contributed by atoms with Crippen molar-refractivity contribution < 1.29 is 17.2 Å². The summed E-state index contributed by atoms with van der Waals surface area (Å²) in [4.78, 5) is 9.39. The van der Waals surface area contributed by atoms with Crippen LogP contribution in [0.15, 0.2) is 42.7 Å². The topological polar surface area (TPSA) is 101 Å². The molecule has 0 unspecified atom stereocenters. The fourth-order valence-electron chi connectivity index (χ4n) is 5.57. The van der Waals surface area contributed by atoms with Crippen LogP contribution in [-0.4, -0.2) is 52.3 Å². The van der Waals surface area contributed by atoms with Crippen molar-refractivity contribution in [3.63, 3.8) is 0 Å². The molecule has 214 valence electrons. The molecule has 1 aliphatic heterocycles. The van der Waals surface area contributed by atoms with Crippen molar-refractivity contribution in [1.29, 1.82) is 0 Å². The molecule has 40 heavy (non-hydrogen) atoms. The first kappa shape index (κ1) is 29.7. The van der Waals surface area contributed by atoms with E-state index in [9.17, 15) is 17.2 Å². The summed E-state index contributed by atoms with van der Waals surface area (Å²) in [6, 6.07) is 7.44. The number of hydrazine groups is 1. The molecule has 0 saturated carbocycles. The van der Waals surface area contributed by atoms with Gasteiger partial charge in [0.15, 0.2) is 15.7 Å². The fourth-order valence-corrected chi connectivity index (χ4v) is 6.24. The van der Waals surface area contributed by atoms with E-state index in [0.29, 0.717) is 18.8 Å². The molecule has 0 radical (unpaired) electrons. The Kier molecular flexibility index (Phi) is 8.94. The van der Waals surface area contributed by atoms with Gasteiger partial charge in [0.1, 0.15) is 17.5 Å². The van der Waals surface area contributed by atoms with E-state index in [1.807, 2.05) is 19.9 Å². The lowest BCUT2D eigenvalue weighted by molar-refractivity contribution is 0.350. The van der Waals surface area contributed by atoms with E-state index in [4.69, 9.17) is 4.98 Å². The Morgan fingerprint density at radius 2 is 1.85 bits per heavy atom. The third-order valence-corrected chi connectivity index (χ3v) is 8.29. The lowest BCUT2D eigenvalue weighted by Gasteiger charge is -2.39. The molecule has 2 aliphatic rings. The normalized spacial score (nSPS) is 20.4. The zero-order valence-electron chi connectivity index (χ0n) is 23.6. The van der Waals surface area contributed by atoms with Gasteiger partial charge in [-0.3, -0.25) is 5.01 Å². The molecular weight excluding hydrogens is 534 g/mol. The van der Waals surface area contributed by atoms with Gasteiger partial charge in [0.05, 0.1) is 28.1 Å². The van der Waals surface area contributed by atoms with E-state index in [-0.39, 0.29) is 23.1 Å². The van der Waals surface area contributed by atoms with Crippen molar-refractivity contribution in [2.45, 2.75) is 64.7 Å². The van der Waals surface area contributed by atoms with Crippen LogP contribution in [0.4, 0.5) is 8.78 Å². The minimum Gasteiger partial charge on any atom is -0.300 e. The fraction of sp³-hybridized carbons (Fsp3) is 0.448. The average molecular weight is 571 g/mol. The molecule has 3 aromatic rings. The maximum Gasteiger partial charge on any atom is 0.166 e. The van der Waals surface area contributed by atoms with Crippen LogP contribution in [0.1, 0.15) is 82.1 Å². The van der Waals surface area contributed by atoms with Crippen LogP contribution in [0.5, 0.6) is 0 Å². The second kappa shape index (κ2) is 12.1. The lowest BCUT2D eigenvalue weighted by Crippen LogP contribution is -2.36. The minimum absolute atomic E-state index is 0.151. The van der Waals surface area contributed by atoms with Gasteiger partial charge >= 0.3 is 0 Å². The van der Waals surface area contributed by atoms with E-state index in [1.54, 1.807) is 18.5 Å². The first-order valence-electron chi connectivity index (χ1n) is 13.7. The van der Waals surface area contributed by atoms with Crippen LogP contribution in [0.3, 0.4) is 0 Å². The average Bonchev–Trinajstić information content (AvgIpc) is 3.40. The molecule has 0 amide bonds. The zero-order valence-corrected chi connectivity index (χ0v) is 24.4. The molecule has 0 saturated heterocycles. The van der Waals surface area contributed by atoms with Gasteiger partial charge in [0, 0.05) is 30.8 Å². The van der Waals surface area contributed by atoms with Gasteiger partial charge in [-0.2, -0.15) is 5.10 Å². The number of fused-ring (bicyclic) bond motifs is 1. The van der Waals surface area contributed by atoms with Crippen molar-refractivity contribution in [3.05, 3.63) is 77.1 Å². The van der Waals surface area contributed by atoms with E-state index in [2.05, 4.69) is 34.5 Å². The Bertz CT molecular complexity index is 1490. The van der Waals surface area contributed by atoms with Gasteiger partial charge in [-0.1, -0.05) is 33.8 Å². The molecular formula is C29H36F2N6O2S. The third-order valence-electron chi connectivity index (χ3n) is 7.54. The van der Waals surface area contributed by atoms with Gasteiger partial charge in [-0.15, -0.1) is 5.10 Å². The number of rotatable bonds is 7. The largest absolute Gasteiger partial charge is 0.300 e. The second-order valence-electron chi connectivity index (χ2n) is 9.99. The third kappa shape index (κ3) is 5.76. The van der Waals surface area contributed by atoms with Crippen molar-refractivity contribution in [3.8, 4) is 11.3 Å². The molecule has 2 aromatic heterocycles. The highest BCUT2D eigenvalue weighted by atomic mass is 32.2. The van der Waals surface area contributed by atoms with Crippen molar-refractivity contribution in [2.75, 3.05) is 18.7 Å². The van der Waals surface area contributed by atoms with Crippen molar-refractivity contribution in [1.82, 2.24) is 30.6 Å². The summed E-state index contributed by atoms with van der Waals surface area (Å²) in [6.45, 7) is 8.58. The van der Waals surface area contributed by atoms with E-state index in [0.717, 1.165) is 41.8 Å². The first-order valence-corrected chi connectivity index (χ1v) is 15.8. The maximum absolute atomic E-state index is 14.6. The number of nitrogens with zero attached hydrogens (tertiary/aromatic N) is 5. The van der Waals surface area contributed by atoms with Gasteiger partial charge in [-0.05, 0) is 61.4 Å². The molecule has 1 aliphatic carbocycles. The van der Waals surface area contributed by atoms with Crippen LogP contribution in [0.25, 0.3) is 16.8 Å². The number of hydrogen-bond acceptors (Lipinski definition) is 8. The predicted octanol–water partition coefficient (Wildman–Crippen LogP) is 5.38. The highest BCUT2D eigenvalue weighted by molar-refractivity contribution is 7.90. The summed E-state index contributed by atoms with van der Waals surface area (Å²) < 4.78 is 52.5. The van der Waals surface area contributed by atoms with Crippen molar-refractivity contribution in [2.24, 2.45) is 0 Å². The minimum atomic E-state index is -3.21. The molecule has 1 N–H and O–H groups in total. The maximum atomic E-state index is 14.6. The van der Waals surface area contributed by atoms with Crippen LogP contribution < -0.4 is 5.43 Å². The molecule has 11 heteroatoms. The SMILES string of the molecule is CC.CC[C@H]1CC[C@](CC)(c2ccnc(C3=CN(CS(C)(=O)=O)NC3)n2)c2nnc(-c3c(F)cccc3F)cc21. The predicted molar refractivity (Wildman–Crippen MR) is 152 cm³/mol. The second-order valence-corrected chi connectivity index (χ2v) is 12.1.